The van der Waals surface area contributed by atoms with E-state index in [1.165, 1.54) is 12.1 Å². The van der Waals surface area contributed by atoms with E-state index in [1.807, 2.05) is 0 Å². The zero-order valence-corrected chi connectivity index (χ0v) is 12.0. The summed E-state index contributed by atoms with van der Waals surface area (Å²) < 4.78 is 19.9. The quantitative estimate of drug-likeness (QED) is 0.876. The van der Waals surface area contributed by atoms with E-state index < -0.39 is 18.0 Å². The molecule has 7 heteroatoms. The average molecular weight is 310 g/mol. The summed E-state index contributed by atoms with van der Waals surface area (Å²) in [6.07, 6.45) is 3.03. The Morgan fingerprint density at radius 2 is 2.33 bits per heavy atom. The molecule has 110 valence electrons. The minimum absolute atomic E-state index is 0.0123. The number of rotatable bonds is 4. The zero-order valence-electron chi connectivity index (χ0n) is 11.2. The molecule has 3 rings (SSSR count). The average Bonchev–Trinajstić information content (AvgIpc) is 3.22. The third kappa shape index (κ3) is 3.06. The maximum Gasteiger partial charge on any atom is 0.252 e. The Hall–Kier alpha value is -1.92. The number of aromatic nitrogens is 2. The smallest absolute Gasteiger partial charge is 0.252 e. The fourth-order valence-corrected chi connectivity index (χ4v) is 2.26. The number of amides is 1. The monoisotopic (exact) mass is 309 g/mol. The van der Waals surface area contributed by atoms with E-state index in [0.717, 1.165) is 5.56 Å². The minimum Gasteiger partial charge on any atom is -0.363 e. The van der Waals surface area contributed by atoms with Gasteiger partial charge in [0.05, 0.1) is 23.9 Å². The fourth-order valence-electron chi connectivity index (χ4n) is 2.07. The summed E-state index contributed by atoms with van der Waals surface area (Å²) >= 11 is 5.83. The summed E-state index contributed by atoms with van der Waals surface area (Å²) in [6, 6.07) is 3.92. The Kier molecular flexibility index (Phi) is 3.65. The van der Waals surface area contributed by atoms with Crippen LogP contribution in [0, 0.1) is 5.82 Å². The van der Waals surface area contributed by atoms with Crippen molar-refractivity contribution in [1.82, 2.24) is 15.1 Å². The number of nitrogens with zero attached hydrogens (tertiary/aromatic N) is 2. The van der Waals surface area contributed by atoms with Gasteiger partial charge in [0, 0.05) is 18.8 Å². The lowest BCUT2D eigenvalue weighted by Crippen LogP contribution is -2.32. The van der Waals surface area contributed by atoms with E-state index in [-0.39, 0.29) is 10.9 Å². The van der Waals surface area contributed by atoms with Gasteiger partial charge in [-0.05, 0) is 17.7 Å². The molecule has 1 aliphatic heterocycles. The molecule has 2 unspecified atom stereocenters. The van der Waals surface area contributed by atoms with Gasteiger partial charge >= 0.3 is 0 Å². The number of hydrogen-bond donors (Lipinski definition) is 1. The Morgan fingerprint density at radius 3 is 2.90 bits per heavy atom. The highest BCUT2D eigenvalue weighted by atomic mass is 35.5. The van der Waals surface area contributed by atoms with Crippen LogP contribution in [0.1, 0.15) is 17.2 Å². The predicted octanol–water partition coefficient (Wildman–Crippen LogP) is 1.82. The fraction of sp³-hybridized carbons (Fsp3) is 0.286. The van der Waals surface area contributed by atoms with Gasteiger partial charge in [0.25, 0.3) is 5.91 Å². The molecular weight excluding hydrogens is 297 g/mol. The topological polar surface area (TPSA) is 59.5 Å². The van der Waals surface area contributed by atoms with Gasteiger partial charge in [-0.25, -0.2) is 4.39 Å². The van der Waals surface area contributed by atoms with Crippen molar-refractivity contribution in [1.29, 1.82) is 0 Å². The van der Waals surface area contributed by atoms with E-state index in [2.05, 4.69) is 10.4 Å². The van der Waals surface area contributed by atoms with Crippen LogP contribution in [0.25, 0.3) is 0 Å². The van der Waals surface area contributed by atoms with Gasteiger partial charge in [-0.1, -0.05) is 17.7 Å². The molecule has 5 nitrogen and oxygen atoms in total. The molecule has 0 radical (unpaired) electrons. The molecule has 2 atom stereocenters. The number of aryl methyl sites for hydroxylation is 1. The lowest BCUT2D eigenvalue weighted by molar-refractivity contribution is -0.122. The maximum absolute atomic E-state index is 13.3. The lowest BCUT2D eigenvalue weighted by atomic mass is 10.0. The molecule has 0 bridgehead atoms. The van der Waals surface area contributed by atoms with Crippen molar-refractivity contribution in [3.8, 4) is 0 Å². The molecule has 21 heavy (non-hydrogen) atoms. The number of nitrogens with one attached hydrogen (secondary N) is 1. The standard InChI is InChI=1S/C14H13ClFN3O2/c1-19-6-9(5-17-19)13(18-14(20)12-7-21-12)8-2-3-11(16)10(15)4-8/h2-6,12-13H,7H2,1H3,(H,18,20). The van der Waals surface area contributed by atoms with Gasteiger partial charge in [0.1, 0.15) is 5.82 Å². The van der Waals surface area contributed by atoms with Gasteiger partial charge in [-0.15, -0.1) is 0 Å². The van der Waals surface area contributed by atoms with E-state index in [0.29, 0.717) is 12.2 Å². The third-order valence-corrected chi connectivity index (χ3v) is 3.54. The number of epoxide rings is 1. The molecule has 1 amide bonds. The van der Waals surface area contributed by atoms with Gasteiger partial charge < -0.3 is 10.1 Å². The van der Waals surface area contributed by atoms with E-state index in [4.69, 9.17) is 16.3 Å². The largest absolute Gasteiger partial charge is 0.363 e. The summed E-state index contributed by atoms with van der Waals surface area (Å²) in [5.74, 6) is -0.702. The highest BCUT2D eigenvalue weighted by Gasteiger charge is 2.33. The Morgan fingerprint density at radius 1 is 1.57 bits per heavy atom. The summed E-state index contributed by atoms with van der Waals surface area (Å²) in [5, 5.41) is 6.98. The summed E-state index contributed by atoms with van der Waals surface area (Å²) in [5.41, 5.74) is 1.47. The van der Waals surface area contributed by atoms with E-state index in [1.54, 1.807) is 30.2 Å². The lowest BCUT2D eigenvalue weighted by Gasteiger charge is -2.18. The van der Waals surface area contributed by atoms with Crippen LogP contribution in [0.3, 0.4) is 0 Å². The van der Waals surface area contributed by atoms with Crippen molar-refractivity contribution >= 4 is 17.5 Å². The Labute approximate surface area is 125 Å². The van der Waals surface area contributed by atoms with Crippen molar-refractivity contribution in [2.75, 3.05) is 6.61 Å². The van der Waals surface area contributed by atoms with Crippen LogP contribution in [-0.2, 0) is 16.6 Å². The maximum atomic E-state index is 13.3. The molecule has 2 aromatic rings. The highest BCUT2D eigenvalue weighted by molar-refractivity contribution is 6.30. The van der Waals surface area contributed by atoms with Gasteiger partial charge in [-0.3, -0.25) is 9.48 Å². The Balaban J connectivity index is 1.93. The molecule has 0 spiro atoms. The first kappa shape index (κ1) is 14.0. The van der Waals surface area contributed by atoms with Crippen LogP contribution in [0.4, 0.5) is 4.39 Å². The van der Waals surface area contributed by atoms with E-state index >= 15 is 0 Å². The van der Waals surface area contributed by atoms with Crippen LogP contribution >= 0.6 is 11.6 Å². The van der Waals surface area contributed by atoms with Crippen molar-refractivity contribution < 1.29 is 13.9 Å². The molecule has 1 fully saturated rings. The molecule has 1 aromatic carbocycles. The first-order chi connectivity index (χ1) is 10.0. The third-order valence-electron chi connectivity index (χ3n) is 3.25. The van der Waals surface area contributed by atoms with Crippen molar-refractivity contribution in [3.05, 3.63) is 52.6 Å². The number of carbonyl (C=O) groups is 1. The number of carbonyl (C=O) groups excluding carboxylic acids is 1. The zero-order chi connectivity index (χ0) is 15.0. The van der Waals surface area contributed by atoms with Crippen LogP contribution in [0.5, 0.6) is 0 Å². The minimum atomic E-state index is -0.498. The van der Waals surface area contributed by atoms with Gasteiger partial charge in [-0.2, -0.15) is 5.10 Å². The molecule has 1 saturated heterocycles. The van der Waals surface area contributed by atoms with Gasteiger partial charge in [0.15, 0.2) is 6.10 Å². The first-order valence-electron chi connectivity index (χ1n) is 6.40. The SMILES string of the molecule is Cn1cc(C(NC(=O)C2CO2)c2ccc(F)c(Cl)c2)cn1. The number of halogens is 2. The first-order valence-corrected chi connectivity index (χ1v) is 6.78. The molecule has 0 saturated carbocycles. The molecule has 0 aliphatic carbocycles. The Bertz CT molecular complexity index is 685. The molecule has 1 aliphatic rings. The summed E-state index contributed by atoms with van der Waals surface area (Å²) in [4.78, 5) is 12.0. The van der Waals surface area contributed by atoms with Crippen LogP contribution in [0.15, 0.2) is 30.6 Å². The van der Waals surface area contributed by atoms with Crippen LogP contribution < -0.4 is 5.32 Å². The van der Waals surface area contributed by atoms with Crippen molar-refractivity contribution in [2.45, 2.75) is 12.1 Å². The van der Waals surface area contributed by atoms with Crippen molar-refractivity contribution in [2.24, 2.45) is 7.05 Å². The molecular formula is C14H13ClFN3O2. The van der Waals surface area contributed by atoms with E-state index in [9.17, 15) is 9.18 Å². The second kappa shape index (κ2) is 5.46. The normalized spacial score (nSPS) is 18.3. The number of benzene rings is 1. The van der Waals surface area contributed by atoms with Crippen LogP contribution in [-0.4, -0.2) is 28.4 Å². The van der Waals surface area contributed by atoms with Crippen LogP contribution in [0.2, 0.25) is 5.02 Å². The second-order valence-corrected chi connectivity index (χ2v) is 5.29. The molecule has 1 N–H and O–H groups in total. The predicted molar refractivity (Wildman–Crippen MR) is 74.3 cm³/mol. The second-order valence-electron chi connectivity index (χ2n) is 4.88. The summed E-state index contributed by atoms with van der Waals surface area (Å²) in [6.45, 7) is 0.426. The summed E-state index contributed by atoms with van der Waals surface area (Å²) in [7, 11) is 1.78. The molecule has 2 heterocycles. The highest BCUT2D eigenvalue weighted by Crippen LogP contribution is 2.26. The number of hydrogen-bond acceptors (Lipinski definition) is 3. The van der Waals surface area contributed by atoms with Gasteiger partial charge in [0.2, 0.25) is 0 Å². The van der Waals surface area contributed by atoms with Crippen molar-refractivity contribution in [3.63, 3.8) is 0 Å². The molecule has 1 aromatic heterocycles. The number of ether oxygens (including phenoxy) is 1.